The summed E-state index contributed by atoms with van der Waals surface area (Å²) in [7, 11) is -3.94. The summed E-state index contributed by atoms with van der Waals surface area (Å²) < 4.78 is 22.7. The molecular formula is C9H14N4O3S. The molecule has 0 radical (unpaired) electrons. The molecule has 0 atom stereocenters. The van der Waals surface area contributed by atoms with Crippen LogP contribution in [0.3, 0.4) is 0 Å². The minimum Gasteiger partial charge on any atom is -0.348 e. The van der Waals surface area contributed by atoms with Crippen LogP contribution < -0.4 is 10.5 Å². The summed E-state index contributed by atoms with van der Waals surface area (Å²) in [6.07, 6.45) is 2.91. The van der Waals surface area contributed by atoms with E-state index in [0.29, 0.717) is 0 Å². The largest absolute Gasteiger partial charge is 0.348 e. The number of amides is 1. The molecule has 0 aromatic carbocycles. The molecule has 0 spiro atoms. The van der Waals surface area contributed by atoms with Crippen molar-refractivity contribution >= 4 is 15.9 Å². The summed E-state index contributed by atoms with van der Waals surface area (Å²) in [6, 6.07) is 0.118. The lowest BCUT2D eigenvalue weighted by Crippen LogP contribution is -2.40. The van der Waals surface area contributed by atoms with Gasteiger partial charge in [0.05, 0.1) is 5.69 Å². The molecule has 7 nitrogen and oxygen atoms in total. The maximum absolute atomic E-state index is 11.8. The SMILES string of the molecule is Cc1[nH]nc(C(=O)NC2CCC2)c1S(N)(=O)=O. The molecule has 1 amide bonds. The molecule has 2 rings (SSSR count). The Balaban J connectivity index is 2.29. The van der Waals surface area contributed by atoms with Crippen LogP contribution in [0.25, 0.3) is 0 Å². The molecule has 1 aromatic rings. The summed E-state index contributed by atoms with van der Waals surface area (Å²) in [5.74, 6) is -0.497. The molecule has 1 aliphatic carbocycles. The number of aromatic nitrogens is 2. The zero-order chi connectivity index (χ0) is 12.6. The smallest absolute Gasteiger partial charge is 0.273 e. The number of hydrogen-bond acceptors (Lipinski definition) is 4. The molecule has 0 aliphatic heterocycles. The van der Waals surface area contributed by atoms with Crippen molar-refractivity contribution in [1.82, 2.24) is 15.5 Å². The maximum atomic E-state index is 11.8. The number of rotatable bonds is 3. The fourth-order valence-corrected chi connectivity index (χ4v) is 2.61. The highest BCUT2D eigenvalue weighted by atomic mass is 32.2. The Bertz CT molecular complexity index is 545. The van der Waals surface area contributed by atoms with Gasteiger partial charge in [-0.3, -0.25) is 9.89 Å². The molecular weight excluding hydrogens is 244 g/mol. The Kier molecular flexibility index (Phi) is 2.92. The topological polar surface area (TPSA) is 118 Å². The Morgan fingerprint density at radius 2 is 2.18 bits per heavy atom. The molecule has 1 aliphatic rings. The van der Waals surface area contributed by atoms with E-state index in [-0.39, 0.29) is 22.3 Å². The summed E-state index contributed by atoms with van der Waals surface area (Å²) in [4.78, 5) is 11.6. The highest BCUT2D eigenvalue weighted by molar-refractivity contribution is 7.89. The third-order valence-electron chi connectivity index (χ3n) is 2.83. The minimum absolute atomic E-state index is 0.118. The number of nitrogens with zero attached hydrogens (tertiary/aromatic N) is 1. The number of hydrogen-bond donors (Lipinski definition) is 3. The van der Waals surface area contributed by atoms with Crippen molar-refractivity contribution in [2.24, 2.45) is 5.14 Å². The van der Waals surface area contributed by atoms with Gasteiger partial charge in [-0.15, -0.1) is 0 Å². The predicted octanol–water partition coefficient (Wildman–Crippen LogP) is -0.352. The van der Waals surface area contributed by atoms with E-state index in [1.807, 2.05) is 0 Å². The highest BCUT2D eigenvalue weighted by Gasteiger charge is 2.28. The van der Waals surface area contributed by atoms with Crippen LogP contribution in [-0.4, -0.2) is 30.6 Å². The van der Waals surface area contributed by atoms with Crippen LogP contribution in [0, 0.1) is 6.92 Å². The quantitative estimate of drug-likeness (QED) is 0.686. The van der Waals surface area contributed by atoms with Crippen LogP contribution >= 0.6 is 0 Å². The van der Waals surface area contributed by atoms with Crippen molar-refractivity contribution < 1.29 is 13.2 Å². The standard InChI is InChI=1S/C9H14N4O3S/c1-5-8(17(10,15)16)7(13-12-5)9(14)11-6-3-2-4-6/h6H,2-4H2,1H3,(H,11,14)(H,12,13)(H2,10,15,16). The molecule has 1 saturated carbocycles. The summed E-state index contributed by atoms with van der Waals surface area (Å²) in [5, 5.41) is 13.9. The summed E-state index contributed by atoms with van der Waals surface area (Å²) in [5.41, 5.74) is 0.114. The number of aromatic amines is 1. The van der Waals surface area contributed by atoms with Crippen molar-refractivity contribution in [2.75, 3.05) is 0 Å². The number of H-pyrrole nitrogens is 1. The highest BCUT2D eigenvalue weighted by Crippen LogP contribution is 2.20. The van der Waals surface area contributed by atoms with Gasteiger partial charge in [0, 0.05) is 6.04 Å². The van der Waals surface area contributed by atoms with Gasteiger partial charge in [0.25, 0.3) is 5.91 Å². The number of primary sulfonamides is 1. The van der Waals surface area contributed by atoms with Gasteiger partial charge in [-0.05, 0) is 26.2 Å². The number of carbonyl (C=O) groups is 1. The van der Waals surface area contributed by atoms with Crippen LogP contribution in [0.2, 0.25) is 0 Å². The van der Waals surface area contributed by atoms with E-state index in [4.69, 9.17) is 5.14 Å². The first-order valence-electron chi connectivity index (χ1n) is 5.28. The van der Waals surface area contributed by atoms with Crippen LogP contribution in [0.5, 0.6) is 0 Å². The fraction of sp³-hybridized carbons (Fsp3) is 0.556. The van der Waals surface area contributed by atoms with E-state index in [1.165, 1.54) is 6.92 Å². The molecule has 0 unspecified atom stereocenters. The molecule has 4 N–H and O–H groups in total. The number of carbonyl (C=O) groups excluding carboxylic acids is 1. The van der Waals surface area contributed by atoms with Gasteiger partial charge in [-0.1, -0.05) is 0 Å². The maximum Gasteiger partial charge on any atom is 0.273 e. The number of nitrogens with two attached hydrogens (primary N) is 1. The van der Waals surface area contributed by atoms with Gasteiger partial charge in [-0.25, -0.2) is 13.6 Å². The van der Waals surface area contributed by atoms with E-state index in [0.717, 1.165) is 19.3 Å². The lowest BCUT2D eigenvalue weighted by atomic mass is 9.93. The van der Waals surface area contributed by atoms with Gasteiger partial charge in [-0.2, -0.15) is 5.10 Å². The van der Waals surface area contributed by atoms with Gasteiger partial charge in [0.2, 0.25) is 10.0 Å². The Labute approximate surface area is 98.8 Å². The first-order chi connectivity index (χ1) is 7.89. The first-order valence-corrected chi connectivity index (χ1v) is 6.83. The average Bonchev–Trinajstić information content (AvgIpc) is 2.52. The zero-order valence-electron chi connectivity index (χ0n) is 9.36. The van der Waals surface area contributed by atoms with E-state index in [2.05, 4.69) is 15.5 Å². The number of sulfonamides is 1. The summed E-state index contributed by atoms with van der Waals surface area (Å²) >= 11 is 0. The third-order valence-corrected chi connectivity index (χ3v) is 3.90. The lowest BCUT2D eigenvalue weighted by molar-refractivity contribution is 0.0908. The van der Waals surface area contributed by atoms with Crippen LogP contribution in [0.1, 0.15) is 35.4 Å². The van der Waals surface area contributed by atoms with Crippen molar-refractivity contribution in [1.29, 1.82) is 0 Å². The van der Waals surface area contributed by atoms with Gasteiger partial charge < -0.3 is 5.32 Å². The van der Waals surface area contributed by atoms with Gasteiger partial charge >= 0.3 is 0 Å². The monoisotopic (exact) mass is 258 g/mol. The Morgan fingerprint density at radius 3 is 2.65 bits per heavy atom. The van der Waals surface area contributed by atoms with Crippen LogP contribution in [0.15, 0.2) is 4.90 Å². The molecule has 0 bridgehead atoms. The van der Waals surface area contributed by atoms with E-state index < -0.39 is 15.9 Å². The second-order valence-electron chi connectivity index (χ2n) is 4.17. The number of nitrogens with one attached hydrogen (secondary N) is 2. The first kappa shape index (κ1) is 12.1. The molecule has 1 heterocycles. The van der Waals surface area contributed by atoms with Crippen LogP contribution in [-0.2, 0) is 10.0 Å². The van der Waals surface area contributed by atoms with Crippen molar-refractivity contribution in [3.05, 3.63) is 11.4 Å². The van der Waals surface area contributed by atoms with E-state index in [9.17, 15) is 13.2 Å². The molecule has 1 fully saturated rings. The normalized spacial score (nSPS) is 16.6. The van der Waals surface area contributed by atoms with Crippen LogP contribution in [0.4, 0.5) is 0 Å². The molecule has 0 saturated heterocycles. The lowest BCUT2D eigenvalue weighted by Gasteiger charge is -2.25. The van der Waals surface area contributed by atoms with E-state index in [1.54, 1.807) is 0 Å². The molecule has 1 aromatic heterocycles. The van der Waals surface area contributed by atoms with Gasteiger partial charge in [0.15, 0.2) is 5.69 Å². The predicted molar refractivity (Wildman–Crippen MR) is 59.8 cm³/mol. The van der Waals surface area contributed by atoms with E-state index >= 15 is 0 Å². The second-order valence-corrected chi connectivity index (χ2v) is 5.67. The molecule has 17 heavy (non-hydrogen) atoms. The van der Waals surface area contributed by atoms with Crippen molar-refractivity contribution in [3.63, 3.8) is 0 Å². The zero-order valence-corrected chi connectivity index (χ0v) is 10.2. The van der Waals surface area contributed by atoms with Gasteiger partial charge in [0.1, 0.15) is 4.90 Å². The Hall–Kier alpha value is -1.41. The Morgan fingerprint density at radius 1 is 1.53 bits per heavy atom. The van der Waals surface area contributed by atoms with Crippen molar-refractivity contribution in [2.45, 2.75) is 37.1 Å². The summed E-state index contributed by atoms with van der Waals surface area (Å²) in [6.45, 7) is 1.51. The number of aryl methyl sites for hydroxylation is 1. The minimum atomic E-state index is -3.94. The second kappa shape index (κ2) is 4.11. The average molecular weight is 258 g/mol. The van der Waals surface area contributed by atoms with Crippen molar-refractivity contribution in [3.8, 4) is 0 Å². The third kappa shape index (κ3) is 2.32. The molecule has 94 valence electrons. The fourth-order valence-electron chi connectivity index (χ4n) is 1.73. The molecule has 8 heteroatoms.